The van der Waals surface area contributed by atoms with Gasteiger partial charge in [0.25, 0.3) is 0 Å². The molecule has 0 amide bonds. The highest BCUT2D eigenvalue weighted by molar-refractivity contribution is 7.97. The molecule has 0 saturated heterocycles. The molecule has 14 heavy (non-hydrogen) atoms. The minimum absolute atomic E-state index is 0. The first-order valence-corrected chi connectivity index (χ1v) is 5.16. The summed E-state index contributed by atoms with van der Waals surface area (Å²) in [6, 6.07) is 7.92. The van der Waals surface area contributed by atoms with Crippen molar-refractivity contribution in [1.29, 1.82) is 0 Å². The van der Waals surface area contributed by atoms with Crippen LogP contribution in [-0.4, -0.2) is 14.2 Å². The molecule has 0 saturated carbocycles. The average molecular weight is 215 g/mol. The summed E-state index contributed by atoms with van der Waals surface area (Å²) in [5, 5.41) is 0. The van der Waals surface area contributed by atoms with Crippen molar-refractivity contribution in [2.45, 2.75) is 26.2 Å². The highest BCUT2D eigenvalue weighted by atomic mass is 32.2. The van der Waals surface area contributed by atoms with Crippen LogP contribution in [0.25, 0.3) is 0 Å². The Hall–Kier alpha value is -0.670. The van der Waals surface area contributed by atoms with Crippen LogP contribution in [0, 0.1) is 0 Å². The van der Waals surface area contributed by atoms with E-state index in [2.05, 4.69) is 4.72 Å². The van der Waals surface area contributed by atoms with E-state index in [-0.39, 0.29) is 7.43 Å². The van der Waals surface area contributed by atoms with Gasteiger partial charge in [0.1, 0.15) is 5.75 Å². The van der Waals surface area contributed by atoms with E-state index in [1.165, 1.54) is 4.90 Å². The third-order valence-electron chi connectivity index (χ3n) is 1.28. The van der Waals surface area contributed by atoms with Gasteiger partial charge in [-0.25, -0.2) is 0 Å². The molecule has 0 bridgehead atoms. The van der Waals surface area contributed by atoms with E-state index in [4.69, 9.17) is 4.74 Å². The molecule has 0 atom stereocenters. The van der Waals surface area contributed by atoms with Crippen molar-refractivity contribution in [3.05, 3.63) is 24.3 Å². The van der Waals surface area contributed by atoms with Gasteiger partial charge in [-0.05, 0) is 43.3 Å². The summed E-state index contributed by atoms with van der Waals surface area (Å²) >= 11 is 1.59. The second-order valence-electron chi connectivity index (χ2n) is 1.98. The van der Waals surface area contributed by atoms with Crippen LogP contribution in [0.2, 0.25) is 0 Å². The molecule has 0 aliphatic heterocycles. The van der Waals surface area contributed by atoms with Crippen LogP contribution in [0.1, 0.15) is 21.3 Å². The number of hydrogen-bond acceptors (Lipinski definition) is 3. The number of rotatable bonds is 3. The molecule has 1 N–H and O–H groups in total. The third kappa shape index (κ3) is 5.89. The van der Waals surface area contributed by atoms with Gasteiger partial charge in [0, 0.05) is 4.90 Å². The second-order valence-corrected chi connectivity index (χ2v) is 3.07. The fourth-order valence-electron chi connectivity index (χ4n) is 0.762. The molecule has 1 aromatic rings. The van der Waals surface area contributed by atoms with E-state index in [9.17, 15) is 0 Å². The van der Waals surface area contributed by atoms with Gasteiger partial charge in [-0.2, -0.15) is 0 Å². The van der Waals surface area contributed by atoms with Crippen molar-refractivity contribution < 1.29 is 4.74 Å². The quantitative estimate of drug-likeness (QED) is 0.779. The van der Waals surface area contributed by atoms with E-state index in [1.807, 2.05) is 45.2 Å². The SMILES string of the molecule is C.CC.CNSc1ccc(OC)cc1. The van der Waals surface area contributed by atoms with Crippen molar-refractivity contribution in [2.75, 3.05) is 14.2 Å². The first kappa shape index (κ1) is 15.8. The van der Waals surface area contributed by atoms with Crippen molar-refractivity contribution in [3.63, 3.8) is 0 Å². The molecule has 1 aromatic carbocycles. The maximum atomic E-state index is 5.02. The molecule has 2 nitrogen and oxygen atoms in total. The van der Waals surface area contributed by atoms with Gasteiger partial charge in [0.05, 0.1) is 7.11 Å². The summed E-state index contributed by atoms with van der Waals surface area (Å²) in [7, 11) is 3.56. The summed E-state index contributed by atoms with van der Waals surface area (Å²) in [5.41, 5.74) is 0. The summed E-state index contributed by atoms with van der Waals surface area (Å²) in [6.07, 6.45) is 0. The molecule has 1 rings (SSSR count). The number of hydrogen-bond donors (Lipinski definition) is 1. The van der Waals surface area contributed by atoms with Crippen LogP contribution in [-0.2, 0) is 0 Å². The van der Waals surface area contributed by atoms with Gasteiger partial charge in [-0.1, -0.05) is 21.3 Å². The van der Waals surface area contributed by atoms with Crippen molar-refractivity contribution >= 4 is 11.9 Å². The van der Waals surface area contributed by atoms with E-state index in [0.29, 0.717) is 0 Å². The topological polar surface area (TPSA) is 21.3 Å². The zero-order chi connectivity index (χ0) is 10.1. The predicted molar refractivity (Wildman–Crippen MR) is 66.0 cm³/mol. The molecule has 0 aliphatic rings. The molecule has 0 heterocycles. The maximum absolute atomic E-state index is 5.02. The molecule has 82 valence electrons. The predicted octanol–water partition coefficient (Wildman–Crippen LogP) is 3.58. The van der Waals surface area contributed by atoms with Crippen LogP contribution in [0.15, 0.2) is 29.2 Å². The Morgan fingerprint density at radius 1 is 1.14 bits per heavy atom. The van der Waals surface area contributed by atoms with Gasteiger partial charge in [0.15, 0.2) is 0 Å². The number of benzene rings is 1. The highest BCUT2D eigenvalue weighted by Gasteiger charge is 1.91. The van der Waals surface area contributed by atoms with Crippen molar-refractivity contribution in [1.82, 2.24) is 4.72 Å². The molecule has 3 heteroatoms. The van der Waals surface area contributed by atoms with Crippen molar-refractivity contribution in [2.24, 2.45) is 0 Å². The number of nitrogens with one attached hydrogen (secondary N) is 1. The van der Waals surface area contributed by atoms with E-state index >= 15 is 0 Å². The smallest absolute Gasteiger partial charge is 0.118 e. The Bertz CT molecular complexity index is 211. The zero-order valence-electron chi connectivity index (χ0n) is 8.63. The van der Waals surface area contributed by atoms with E-state index in [1.54, 1.807) is 19.1 Å². The largest absolute Gasteiger partial charge is 0.497 e. The fourth-order valence-corrected chi connectivity index (χ4v) is 1.27. The number of methoxy groups -OCH3 is 1. The summed E-state index contributed by atoms with van der Waals surface area (Å²) < 4.78 is 8.01. The third-order valence-corrected chi connectivity index (χ3v) is 1.99. The average Bonchev–Trinajstić information content (AvgIpc) is 2.23. The molecular weight excluding hydrogens is 194 g/mol. The Kier molecular flexibility index (Phi) is 11.7. The van der Waals surface area contributed by atoms with Gasteiger partial charge < -0.3 is 4.74 Å². The van der Waals surface area contributed by atoms with Gasteiger partial charge in [0.2, 0.25) is 0 Å². The van der Waals surface area contributed by atoms with Crippen LogP contribution < -0.4 is 9.46 Å². The van der Waals surface area contributed by atoms with Crippen LogP contribution >= 0.6 is 11.9 Å². The van der Waals surface area contributed by atoms with E-state index < -0.39 is 0 Å². The summed E-state index contributed by atoms with van der Waals surface area (Å²) in [4.78, 5) is 1.19. The van der Waals surface area contributed by atoms with Gasteiger partial charge in [-0.15, -0.1) is 0 Å². The zero-order valence-corrected chi connectivity index (χ0v) is 9.44. The Morgan fingerprint density at radius 2 is 1.64 bits per heavy atom. The maximum Gasteiger partial charge on any atom is 0.118 e. The molecule has 0 aromatic heterocycles. The molecule has 0 fully saturated rings. The van der Waals surface area contributed by atoms with Crippen LogP contribution in [0.5, 0.6) is 5.75 Å². The summed E-state index contributed by atoms with van der Waals surface area (Å²) in [5.74, 6) is 0.894. The first-order valence-electron chi connectivity index (χ1n) is 4.34. The first-order chi connectivity index (χ1) is 6.36. The molecule has 0 spiro atoms. The molecular formula is C11H21NOS. The highest BCUT2D eigenvalue weighted by Crippen LogP contribution is 2.17. The van der Waals surface area contributed by atoms with E-state index in [0.717, 1.165) is 5.75 Å². The monoisotopic (exact) mass is 215 g/mol. The molecule has 0 radical (unpaired) electrons. The standard InChI is InChI=1S/C8H11NOS.C2H6.CH4/c1-9-11-8-5-3-7(10-2)4-6-8;1-2;/h3-6,9H,1-2H3;1-2H3;1H4. The van der Waals surface area contributed by atoms with Crippen LogP contribution in [0.3, 0.4) is 0 Å². The second kappa shape index (κ2) is 10.4. The minimum Gasteiger partial charge on any atom is -0.497 e. The minimum atomic E-state index is 0. The lowest BCUT2D eigenvalue weighted by Crippen LogP contribution is -1.90. The Labute approximate surface area is 92.2 Å². The Morgan fingerprint density at radius 3 is 2.00 bits per heavy atom. The lowest BCUT2D eigenvalue weighted by Gasteiger charge is -2.00. The normalized spacial score (nSPS) is 8.00. The van der Waals surface area contributed by atoms with Gasteiger partial charge in [-0.3, -0.25) is 4.72 Å². The lowest BCUT2D eigenvalue weighted by molar-refractivity contribution is 0.414. The lowest BCUT2D eigenvalue weighted by atomic mass is 10.3. The van der Waals surface area contributed by atoms with Gasteiger partial charge >= 0.3 is 0 Å². The van der Waals surface area contributed by atoms with Crippen molar-refractivity contribution in [3.8, 4) is 5.75 Å². The molecule has 0 aliphatic carbocycles. The fraction of sp³-hybridized carbons (Fsp3) is 0.455. The molecule has 0 unspecified atom stereocenters. The Balaban J connectivity index is 0. The van der Waals surface area contributed by atoms with Crippen LogP contribution in [0.4, 0.5) is 0 Å². The summed E-state index contributed by atoms with van der Waals surface area (Å²) in [6.45, 7) is 4.00. The number of ether oxygens (including phenoxy) is 1.